The fourth-order valence-corrected chi connectivity index (χ4v) is 3.68. The Morgan fingerprint density at radius 1 is 1.18 bits per heavy atom. The fourth-order valence-electron chi connectivity index (χ4n) is 1.97. The van der Waals surface area contributed by atoms with E-state index in [0.717, 1.165) is 0 Å². The second-order valence-corrected chi connectivity index (χ2v) is 7.04. The molecule has 0 aliphatic heterocycles. The first kappa shape index (κ1) is 16.5. The molecule has 0 atom stereocenters. The van der Waals surface area contributed by atoms with Gasteiger partial charge in [0.05, 0.1) is 16.3 Å². The summed E-state index contributed by atoms with van der Waals surface area (Å²) in [6.45, 7) is 1.55. The number of nitrogens with one attached hydrogen (secondary N) is 1. The summed E-state index contributed by atoms with van der Waals surface area (Å²) in [5, 5.41) is 3.04. The van der Waals surface area contributed by atoms with Gasteiger partial charge in [-0.3, -0.25) is 4.79 Å². The van der Waals surface area contributed by atoms with Crippen LogP contribution >= 0.6 is 11.6 Å². The Labute approximate surface area is 134 Å². The molecule has 0 fully saturated rings. The Balaban J connectivity index is 2.36. The predicted molar refractivity (Wildman–Crippen MR) is 85.8 cm³/mol. The van der Waals surface area contributed by atoms with Crippen molar-refractivity contribution in [2.45, 2.75) is 16.7 Å². The van der Waals surface area contributed by atoms with E-state index in [1.807, 2.05) is 0 Å². The van der Waals surface area contributed by atoms with Gasteiger partial charge in [-0.15, -0.1) is 0 Å². The maximum Gasteiger partial charge on any atom is 0.238 e. The molecule has 116 valence electrons. The first-order valence-electron chi connectivity index (χ1n) is 6.46. The molecular weight excluding hydrogens is 324 g/mol. The molecule has 0 aliphatic rings. The highest BCUT2D eigenvalue weighted by atomic mass is 35.5. The summed E-state index contributed by atoms with van der Waals surface area (Å²) < 4.78 is 25.2. The normalized spacial score (nSPS) is 11.2. The van der Waals surface area contributed by atoms with E-state index < -0.39 is 9.84 Å². The number of sulfone groups is 1. The minimum atomic E-state index is -3.63. The molecule has 0 radical (unpaired) electrons. The van der Waals surface area contributed by atoms with Crippen LogP contribution in [0.2, 0.25) is 5.02 Å². The average Bonchev–Trinajstić information content (AvgIpc) is 2.47. The van der Waals surface area contributed by atoms with Crippen molar-refractivity contribution in [3.8, 4) is 0 Å². The zero-order valence-electron chi connectivity index (χ0n) is 11.8. The first-order valence-corrected chi connectivity index (χ1v) is 8.32. The monoisotopic (exact) mass is 338 g/mol. The number of amides is 1. The van der Waals surface area contributed by atoms with Gasteiger partial charge in [0, 0.05) is 10.7 Å². The number of halogens is 1. The Morgan fingerprint density at radius 3 is 2.36 bits per heavy atom. The van der Waals surface area contributed by atoms with Gasteiger partial charge in [-0.1, -0.05) is 11.6 Å². The molecule has 0 unspecified atom stereocenters. The zero-order chi connectivity index (χ0) is 16.3. The maximum absolute atomic E-state index is 12.6. The largest absolute Gasteiger partial charge is 0.325 e. The van der Waals surface area contributed by atoms with Crippen LogP contribution in [0.25, 0.3) is 0 Å². The Kier molecular flexibility index (Phi) is 4.85. The van der Waals surface area contributed by atoms with Gasteiger partial charge < -0.3 is 11.1 Å². The first-order chi connectivity index (χ1) is 10.3. The third kappa shape index (κ3) is 3.47. The van der Waals surface area contributed by atoms with E-state index in [0.29, 0.717) is 16.3 Å². The molecule has 22 heavy (non-hydrogen) atoms. The van der Waals surface area contributed by atoms with Crippen LogP contribution < -0.4 is 11.1 Å². The van der Waals surface area contributed by atoms with E-state index in [-0.39, 0.29) is 22.2 Å². The number of rotatable bonds is 4. The standard InChI is InChI=1S/C15H15ClN2O3S/c1-10-8-11(16)2-7-14(10)22(20,21)13-5-3-12(4-6-13)18-15(19)9-17/h2-8H,9,17H2,1H3,(H,18,19). The third-order valence-corrected chi connectivity index (χ3v) is 5.23. The lowest BCUT2D eigenvalue weighted by atomic mass is 10.2. The Morgan fingerprint density at radius 2 is 1.82 bits per heavy atom. The van der Waals surface area contributed by atoms with Crippen LogP contribution in [0.4, 0.5) is 5.69 Å². The molecule has 0 saturated carbocycles. The van der Waals surface area contributed by atoms with Gasteiger partial charge >= 0.3 is 0 Å². The quantitative estimate of drug-likeness (QED) is 0.895. The SMILES string of the molecule is Cc1cc(Cl)ccc1S(=O)(=O)c1ccc(NC(=O)CN)cc1. The lowest BCUT2D eigenvalue weighted by molar-refractivity contribution is -0.114. The van der Waals surface area contributed by atoms with Crippen molar-refractivity contribution >= 4 is 33.0 Å². The molecule has 0 spiro atoms. The number of aryl methyl sites for hydroxylation is 1. The summed E-state index contributed by atoms with van der Waals surface area (Å²) in [7, 11) is -3.63. The molecule has 2 aromatic rings. The van der Waals surface area contributed by atoms with Crippen LogP contribution in [-0.4, -0.2) is 20.9 Å². The molecular formula is C15H15ClN2O3S. The lowest BCUT2D eigenvalue weighted by Crippen LogP contribution is -2.21. The van der Waals surface area contributed by atoms with Gasteiger partial charge in [0.25, 0.3) is 0 Å². The van der Waals surface area contributed by atoms with Gasteiger partial charge in [-0.05, 0) is 55.0 Å². The summed E-state index contributed by atoms with van der Waals surface area (Å²) in [6.07, 6.45) is 0. The Hall–Kier alpha value is -1.89. The number of carbonyl (C=O) groups is 1. The van der Waals surface area contributed by atoms with Crippen molar-refractivity contribution in [2.75, 3.05) is 11.9 Å². The van der Waals surface area contributed by atoms with Crippen LogP contribution in [0, 0.1) is 6.92 Å². The molecule has 5 nitrogen and oxygen atoms in total. The maximum atomic E-state index is 12.6. The van der Waals surface area contributed by atoms with Crippen molar-refractivity contribution < 1.29 is 13.2 Å². The molecule has 0 aromatic heterocycles. The molecule has 2 aromatic carbocycles. The summed E-state index contributed by atoms with van der Waals surface area (Å²) in [5.41, 5.74) is 6.27. The molecule has 0 bridgehead atoms. The summed E-state index contributed by atoms with van der Waals surface area (Å²) in [5.74, 6) is -0.343. The van der Waals surface area contributed by atoms with E-state index in [1.165, 1.54) is 36.4 Å². The zero-order valence-corrected chi connectivity index (χ0v) is 13.4. The number of anilines is 1. The van der Waals surface area contributed by atoms with Crippen LogP contribution in [0.15, 0.2) is 52.3 Å². The van der Waals surface area contributed by atoms with E-state index in [4.69, 9.17) is 17.3 Å². The van der Waals surface area contributed by atoms with Gasteiger partial charge in [-0.2, -0.15) is 0 Å². The molecule has 0 aliphatic carbocycles. The van der Waals surface area contributed by atoms with Crippen molar-refractivity contribution in [3.63, 3.8) is 0 Å². The molecule has 1 amide bonds. The predicted octanol–water partition coefficient (Wildman–Crippen LogP) is 2.38. The van der Waals surface area contributed by atoms with Gasteiger partial charge in [0.1, 0.15) is 0 Å². The van der Waals surface area contributed by atoms with E-state index in [1.54, 1.807) is 13.0 Å². The third-order valence-electron chi connectivity index (χ3n) is 3.06. The molecule has 0 saturated heterocycles. The Bertz CT molecular complexity index is 802. The second-order valence-electron chi connectivity index (χ2n) is 4.69. The minimum Gasteiger partial charge on any atom is -0.325 e. The lowest BCUT2D eigenvalue weighted by Gasteiger charge is -2.09. The number of hydrogen-bond donors (Lipinski definition) is 2. The second kappa shape index (κ2) is 6.48. The molecule has 3 N–H and O–H groups in total. The highest BCUT2D eigenvalue weighted by molar-refractivity contribution is 7.91. The highest BCUT2D eigenvalue weighted by Crippen LogP contribution is 2.26. The van der Waals surface area contributed by atoms with Crippen molar-refractivity contribution in [1.29, 1.82) is 0 Å². The number of hydrogen-bond acceptors (Lipinski definition) is 4. The fraction of sp³-hybridized carbons (Fsp3) is 0.133. The number of nitrogens with two attached hydrogens (primary N) is 1. The molecule has 0 heterocycles. The van der Waals surface area contributed by atoms with E-state index in [2.05, 4.69) is 5.32 Å². The van der Waals surface area contributed by atoms with Crippen LogP contribution in [-0.2, 0) is 14.6 Å². The number of carbonyl (C=O) groups excluding carboxylic acids is 1. The van der Waals surface area contributed by atoms with Crippen molar-refractivity contribution in [2.24, 2.45) is 5.73 Å². The summed E-state index contributed by atoms with van der Waals surface area (Å²) in [6, 6.07) is 10.5. The number of benzene rings is 2. The summed E-state index contributed by atoms with van der Waals surface area (Å²) >= 11 is 5.85. The minimum absolute atomic E-state index is 0.135. The van der Waals surface area contributed by atoms with Crippen molar-refractivity contribution in [1.82, 2.24) is 0 Å². The van der Waals surface area contributed by atoms with E-state index >= 15 is 0 Å². The smallest absolute Gasteiger partial charge is 0.238 e. The topological polar surface area (TPSA) is 89.3 Å². The van der Waals surface area contributed by atoms with Crippen LogP contribution in [0.5, 0.6) is 0 Å². The van der Waals surface area contributed by atoms with Crippen LogP contribution in [0.3, 0.4) is 0 Å². The highest BCUT2D eigenvalue weighted by Gasteiger charge is 2.20. The summed E-state index contributed by atoms with van der Waals surface area (Å²) in [4.78, 5) is 11.5. The molecule has 7 heteroatoms. The van der Waals surface area contributed by atoms with Crippen molar-refractivity contribution in [3.05, 3.63) is 53.1 Å². The molecule has 2 rings (SSSR count). The van der Waals surface area contributed by atoms with E-state index in [9.17, 15) is 13.2 Å². The van der Waals surface area contributed by atoms with Gasteiger partial charge in [0.2, 0.25) is 15.7 Å². The average molecular weight is 339 g/mol. The van der Waals surface area contributed by atoms with Crippen LogP contribution in [0.1, 0.15) is 5.56 Å². The van der Waals surface area contributed by atoms with Gasteiger partial charge in [-0.25, -0.2) is 8.42 Å². The van der Waals surface area contributed by atoms with Gasteiger partial charge in [0.15, 0.2) is 0 Å².